The molecule has 0 atom stereocenters. The predicted molar refractivity (Wildman–Crippen MR) is 76.8 cm³/mol. The van der Waals surface area contributed by atoms with Crippen LogP contribution in [0.25, 0.3) is 0 Å². The van der Waals surface area contributed by atoms with Crippen LogP contribution in [0.5, 0.6) is 0 Å². The van der Waals surface area contributed by atoms with Gasteiger partial charge in [0.25, 0.3) is 0 Å². The summed E-state index contributed by atoms with van der Waals surface area (Å²) in [6.07, 6.45) is 1.16. The zero-order valence-electron chi connectivity index (χ0n) is 10.4. The normalized spacial score (nSPS) is 10.7. The molecule has 1 aromatic rings. The minimum Gasteiger partial charge on any atom is -0.324 e. The van der Waals surface area contributed by atoms with E-state index in [0.29, 0.717) is 17.0 Å². The molecule has 7 heteroatoms. The van der Waals surface area contributed by atoms with Crippen LogP contribution in [0.4, 0.5) is 5.69 Å². The molecular weight excluding hydrogens is 284 g/mol. The molecule has 0 spiro atoms. The SMILES string of the molecule is CS(=O)(=O)CCSCC(=O)Nc1ccccc1C#N. The number of carbonyl (C=O) groups is 1. The number of sulfone groups is 1. The number of para-hydroxylation sites is 1. The van der Waals surface area contributed by atoms with Crippen LogP contribution in [0.3, 0.4) is 0 Å². The summed E-state index contributed by atoms with van der Waals surface area (Å²) in [5.41, 5.74) is 0.871. The number of thioether (sulfide) groups is 1. The Hall–Kier alpha value is -1.52. The number of hydrogen-bond donors (Lipinski definition) is 1. The number of hydrogen-bond acceptors (Lipinski definition) is 5. The van der Waals surface area contributed by atoms with E-state index in [0.717, 1.165) is 6.26 Å². The van der Waals surface area contributed by atoms with Crippen molar-refractivity contribution in [2.75, 3.05) is 28.8 Å². The van der Waals surface area contributed by atoms with Gasteiger partial charge in [-0.15, -0.1) is 0 Å². The van der Waals surface area contributed by atoms with Gasteiger partial charge >= 0.3 is 0 Å². The molecule has 0 aliphatic rings. The van der Waals surface area contributed by atoms with Crippen molar-refractivity contribution in [2.24, 2.45) is 0 Å². The van der Waals surface area contributed by atoms with Gasteiger partial charge in [0.2, 0.25) is 5.91 Å². The molecule has 0 fully saturated rings. The summed E-state index contributed by atoms with van der Waals surface area (Å²) >= 11 is 1.25. The van der Waals surface area contributed by atoms with Crippen LogP contribution in [-0.2, 0) is 14.6 Å². The van der Waals surface area contributed by atoms with Crippen molar-refractivity contribution >= 4 is 33.2 Å². The predicted octanol–water partition coefficient (Wildman–Crippen LogP) is 1.27. The first kappa shape index (κ1) is 15.5. The van der Waals surface area contributed by atoms with E-state index in [1.165, 1.54) is 11.8 Å². The summed E-state index contributed by atoms with van der Waals surface area (Å²) in [5.74, 6) is 0.349. The van der Waals surface area contributed by atoms with Crippen LogP contribution in [0, 0.1) is 11.3 Å². The Bertz CT molecular complexity index is 591. The zero-order chi connectivity index (χ0) is 14.3. The summed E-state index contributed by atoms with van der Waals surface area (Å²) in [7, 11) is -2.99. The van der Waals surface area contributed by atoms with Gasteiger partial charge in [0.1, 0.15) is 15.9 Å². The molecular formula is C12H14N2O3S2. The first-order chi connectivity index (χ1) is 8.92. The standard InChI is InChI=1S/C12H14N2O3S2/c1-19(16,17)7-6-18-9-12(15)14-11-5-3-2-4-10(11)8-13/h2-5H,6-7,9H2,1H3,(H,14,15). The van der Waals surface area contributed by atoms with Crippen molar-refractivity contribution in [3.8, 4) is 6.07 Å². The number of nitrogens with one attached hydrogen (secondary N) is 1. The fourth-order valence-corrected chi connectivity index (χ4v) is 3.34. The van der Waals surface area contributed by atoms with E-state index < -0.39 is 9.84 Å². The molecule has 19 heavy (non-hydrogen) atoms. The maximum Gasteiger partial charge on any atom is 0.234 e. The van der Waals surface area contributed by atoms with Crippen molar-refractivity contribution in [3.05, 3.63) is 29.8 Å². The topological polar surface area (TPSA) is 87.0 Å². The molecule has 1 amide bonds. The summed E-state index contributed by atoms with van der Waals surface area (Å²) in [6, 6.07) is 8.70. The Morgan fingerprint density at radius 2 is 2.11 bits per heavy atom. The first-order valence-corrected chi connectivity index (χ1v) is 8.68. The molecule has 1 N–H and O–H groups in total. The monoisotopic (exact) mass is 298 g/mol. The number of rotatable bonds is 6. The molecule has 0 heterocycles. The number of amides is 1. The van der Waals surface area contributed by atoms with Gasteiger partial charge in [0.05, 0.1) is 22.8 Å². The number of anilines is 1. The lowest BCUT2D eigenvalue weighted by molar-refractivity contribution is -0.113. The highest BCUT2D eigenvalue weighted by molar-refractivity contribution is 8.01. The Labute approximate surface area is 116 Å². The first-order valence-electron chi connectivity index (χ1n) is 5.47. The van der Waals surface area contributed by atoms with Crippen molar-refractivity contribution in [1.82, 2.24) is 0 Å². The molecule has 0 bridgehead atoms. The van der Waals surface area contributed by atoms with Gasteiger partial charge in [-0.3, -0.25) is 4.79 Å². The summed E-state index contributed by atoms with van der Waals surface area (Å²) < 4.78 is 21.8. The second-order valence-electron chi connectivity index (χ2n) is 3.89. The third-order valence-electron chi connectivity index (χ3n) is 2.15. The average molecular weight is 298 g/mol. The zero-order valence-corrected chi connectivity index (χ0v) is 12.1. The second-order valence-corrected chi connectivity index (χ2v) is 7.25. The van der Waals surface area contributed by atoms with Crippen LogP contribution in [0.15, 0.2) is 24.3 Å². The third kappa shape index (κ3) is 6.27. The smallest absolute Gasteiger partial charge is 0.234 e. The lowest BCUT2D eigenvalue weighted by atomic mass is 10.2. The van der Waals surface area contributed by atoms with Crippen LogP contribution < -0.4 is 5.32 Å². The van der Waals surface area contributed by atoms with Crippen LogP contribution in [0.2, 0.25) is 0 Å². The molecule has 0 aliphatic carbocycles. The highest BCUT2D eigenvalue weighted by atomic mass is 32.2. The summed E-state index contributed by atoms with van der Waals surface area (Å²) in [5, 5.41) is 11.5. The highest BCUT2D eigenvalue weighted by Crippen LogP contribution is 2.14. The molecule has 5 nitrogen and oxygen atoms in total. The Kier molecular flexibility index (Phi) is 5.86. The van der Waals surface area contributed by atoms with E-state index in [9.17, 15) is 13.2 Å². The molecule has 0 aromatic heterocycles. The van der Waals surface area contributed by atoms with Crippen molar-refractivity contribution in [1.29, 1.82) is 5.26 Å². The Balaban J connectivity index is 2.42. The van der Waals surface area contributed by atoms with E-state index in [1.54, 1.807) is 24.3 Å². The number of nitriles is 1. The van der Waals surface area contributed by atoms with Crippen molar-refractivity contribution in [3.63, 3.8) is 0 Å². The van der Waals surface area contributed by atoms with Crippen LogP contribution in [-0.4, -0.2) is 37.8 Å². The molecule has 0 saturated heterocycles. The molecule has 0 saturated carbocycles. The quantitative estimate of drug-likeness (QED) is 0.799. The fraction of sp³-hybridized carbons (Fsp3) is 0.333. The van der Waals surface area contributed by atoms with Crippen LogP contribution in [0.1, 0.15) is 5.56 Å². The molecule has 1 aromatic carbocycles. The van der Waals surface area contributed by atoms with E-state index in [2.05, 4.69) is 5.32 Å². The number of carbonyl (C=O) groups excluding carboxylic acids is 1. The molecule has 0 aliphatic heterocycles. The van der Waals surface area contributed by atoms with Gasteiger partial charge < -0.3 is 5.32 Å². The lowest BCUT2D eigenvalue weighted by Crippen LogP contribution is -2.16. The Morgan fingerprint density at radius 3 is 2.74 bits per heavy atom. The average Bonchev–Trinajstić information content (AvgIpc) is 2.34. The number of benzene rings is 1. The van der Waals surface area contributed by atoms with Crippen molar-refractivity contribution < 1.29 is 13.2 Å². The van der Waals surface area contributed by atoms with E-state index in [-0.39, 0.29) is 17.4 Å². The fourth-order valence-electron chi connectivity index (χ4n) is 1.25. The van der Waals surface area contributed by atoms with Gasteiger partial charge in [-0.2, -0.15) is 17.0 Å². The molecule has 1 rings (SSSR count). The Morgan fingerprint density at radius 1 is 1.42 bits per heavy atom. The molecule has 102 valence electrons. The van der Waals surface area contributed by atoms with Gasteiger partial charge in [0, 0.05) is 12.0 Å². The van der Waals surface area contributed by atoms with E-state index >= 15 is 0 Å². The number of nitrogens with zero attached hydrogens (tertiary/aromatic N) is 1. The third-order valence-corrected chi connectivity index (χ3v) is 4.32. The van der Waals surface area contributed by atoms with Crippen molar-refractivity contribution in [2.45, 2.75) is 0 Å². The second kappa shape index (κ2) is 7.16. The maximum absolute atomic E-state index is 11.6. The van der Waals surface area contributed by atoms with E-state index in [4.69, 9.17) is 5.26 Å². The van der Waals surface area contributed by atoms with Gasteiger partial charge in [-0.25, -0.2) is 8.42 Å². The van der Waals surface area contributed by atoms with E-state index in [1.807, 2.05) is 6.07 Å². The minimum atomic E-state index is -2.99. The summed E-state index contributed by atoms with van der Waals surface area (Å²) in [4.78, 5) is 11.6. The largest absolute Gasteiger partial charge is 0.324 e. The highest BCUT2D eigenvalue weighted by Gasteiger charge is 2.07. The van der Waals surface area contributed by atoms with Gasteiger partial charge in [-0.05, 0) is 12.1 Å². The maximum atomic E-state index is 11.6. The van der Waals surface area contributed by atoms with Gasteiger partial charge in [-0.1, -0.05) is 12.1 Å². The minimum absolute atomic E-state index is 0.0553. The summed E-state index contributed by atoms with van der Waals surface area (Å²) in [6.45, 7) is 0. The van der Waals surface area contributed by atoms with Crippen LogP contribution >= 0.6 is 11.8 Å². The molecule has 0 radical (unpaired) electrons. The molecule has 0 unspecified atom stereocenters. The lowest BCUT2D eigenvalue weighted by Gasteiger charge is -2.06. The van der Waals surface area contributed by atoms with Gasteiger partial charge in [0.15, 0.2) is 0 Å².